The minimum atomic E-state index is -1.80. The van der Waals surface area contributed by atoms with Gasteiger partial charge < -0.3 is 65.1 Å². The summed E-state index contributed by atoms with van der Waals surface area (Å²) in [5, 5.41) is 87.5. The van der Waals surface area contributed by atoms with Crippen molar-refractivity contribution in [3.63, 3.8) is 0 Å². The van der Waals surface area contributed by atoms with E-state index in [9.17, 15) is 45.6 Å². The Kier molecular flexibility index (Phi) is 55.1. The van der Waals surface area contributed by atoms with Gasteiger partial charge in [0, 0.05) is 6.42 Å². The van der Waals surface area contributed by atoms with Gasteiger partial charge in [-0.15, -0.1) is 0 Å². The highest BCUT2D eigenvalue weighted by Gasteiger charge is 2.51. The summed E-state index contributed by atoms with van der Waals surface area (Å²) < 4.78 is 22.8. The van der Waals surface area contributed by atoms with E-state index in [0.717, 1.165) is 89.9 Å². The molecule has 0 radical (unpaired) electrons. The van der Waals surface area contributed by atoms with Crippen LogP contribution in [0.15, 0.2) is 122 Å². The van der Waals surface area contributed by atoms with E-state index in [2.05, 4.69) is 129 Å². The Bertz CT molecular complexity index is 1990. The second-order valence-electron chi connectivity index (χ2n) is 25.0. The summed E-state index contributed by atoms with van der Waals surface area (Å²) in [7, 11) is 0. The summed E-state index contributed by atoms with van der Waals surface area (Å²) in [5.74, 6) is -0.257. The van der Waals surface area contributed by atoms with E-state index < -0.39 is 86.8 Å². The van der Waals surface area contributed by atoms with Crippen molar-refractivity contribution in [1.82, 2.24) is 5.32 Å². The zero-order chi connectivity index (χ0) is 65.9. The van der Waals surface area contributed by atoms with Crippen LogP contribution in [0.4, 0.5) is 0 Å². The summed E-state index contributed by atoms with van der Waals surface area (Å²) in [6.45, 7) is 2.68. The fraction of sp³-hybridized carbons (Fsp3) is 0.727. The third kappa shape index (κ3) is 43.9. The highest BCUT2D eigenvalue weighted by molar-refractivity contribution is 5.76. The number of carbonyl (C=O) groups is 1. The number of hydrogen-bond donors (Lipinski definition) is 9. The maximum atomic E-state index is 13.3. The molecule has 12 atom stereocenters. The number of ether oxygens (including phenoxy) is 4. The molecule has 1 amide bonds. The van der Waals surface area contributed by atoms with E-state index in [1.54, 1.807) is 6.08 Å². The van der Waals surface area contributed by atoms with E-state index in [1.165, 1.54) is 141 Å². The smallest absolute Gasteiger partial charge is 0.220 e. The Labute approximate surface area is 552 Å². The van der Waals surface area contributed by atoms with Crippen molar-refractivity contribution < 1.29 is 64.6 Å². The van der Waals surface area contributed by atoms with Gasteiger partial charge in [-0.2, -0.15) is 0 Å². The highest BCUT2D eigenvalue weighted by atomic mass is 16.7. The van der Waals surface area contributed by atoms with Crippen LogP contribution in [0.5, 0.6) is 0 Å². The van der Waals surface area contributed by atoms with Crippen LogP contribution in [0.1, 0.15) is 264 Å². The van der Waals surface area contributed by atoms with Gasteiger partial charge in [-0.25, -0.2) is 0 Å². The topological polar surface area (TPSA) is 228 Å². The Morgan fingerprint density at radius 3 is 1.21 bits per heavy atom. The molecule has 0 aromatic heterocycles. The molecule has 0 aliphatic carbocycles. The van der Waals surface area contributed by atoms with Crippen LogP contribution in [0.2, 0.25) is 0 Å². The van der Waals surface area contributed by atoms with Gasteiger partial charge in [0.2, 0.25) is 5.91 Å². The van der Waals surface area contributed by atoms with Gasteiger partial charge in [0.1, 0.15) is 48.8 Å². The van der Waals surface area contributed by atoms with Crippen molar-refractivity contribution in [3.8, 4) is 0 Å². The molecule has 522 valence electrons. The van der Waals surface area contributed by atoms with Gasteiger partial charge in [-0.3, -0.25) is 4.79 Å². The van der Waals surface area contributed by atoms with E-state index in [0.29, 0.717) is 12.8 Å². The fourth-order valence-corrected chi connectivity index (χ4v) is 11.1. The number of hydrogen-bond acceptors (Lipinski definition) is 13. The number of aliphatic hydroxyl groups is 8. The maximum Gasteiger partial charge on any atom is 0.220 e. The van der Waals surface area contributed by atoms with Crippen LogP contribution in [0.3, 0.4) is 0 Å². The summed E-state index contributed by atoms with van der Waals surface area (Å²) >= 11 is 0. The van der Waals surface area contributed by atoms with Crippen LogP contribution < -0.4 is 5.32 Å². The van der Waals surface area contributed by atoms with Gasteiger partial charge in [-0.05, 0) is 96.3 Å². The zero-order valence-corrected chi connectivity index (χ0v) is 56.8. The second kappa shape index (κ2) is 60.1. The number of rotatable bonds is 58. The van der Waals surface area contributed by atoms with Crippen LogP contribution in [0, 0.1) is 0 Å². The third-order valence-corrected chi connectivity index (χ3v) is 16.9. The summed E-state index contributed by atoms with van der Waals surface area (Å²) in [4.78, 5) is 13.3. The molecule has 2 aliphatic heterocycles. The Morgan fingerprint density at radius 2 is 0.769 bits per heavy atom. The molecule has 14 nitrogen and oxygen atoms in total. The first-order valence-electron chi connectivity index (χ1n) is 36.3. The van der Waals surface area contributed by atoms with Gasteiger partial charge in [-0.1, -0.05) is 283 Å². The number of nitrogens with one attached hydrogen (secondary N) is 1. The zero-order valence-electron chi connectivity index (χ0n) is 56.8. The van der Waals surface area contributed by atoms with E-state index in [-0.39, 0.29) is 18.9 Å². The molecule has 9 N–H and O–H groups in total. The van der Waals surface area contributed by atoms with Gasteiger partial charge in [0.25, 0.3) is 0 Å². The van der Waals surface area contributed by atoms with Gasteiger partial charge in [0.15, 0.2) is 12.6 Å². The second-order valence-corrected chi connectivity index (χ2v) is 25.0. The quantitative estimate of drug-likeness (QED) is 0.0204. The molecular weight excluding hydrogens is 1150 g/mol. The first kappa shape index (κ1) is 83.5. The van der Waals surface area contributed by atoms with Gasteiger partial charge in [0.05, 0.1) is 32.0 Å². The fourth-order valence-electron chi connectivity index (χ4n) is 11.1. The lowest BCUT2D eigenvalue weighted by atomic mass is 9.97. The minimum absolute atomic E-state index is 0.257. The molecule has 2 heterocycles. The van der Waals surface area contributed by atoms with Crippen molar-refractivity contribution in [3.05, 3.63) is 122 Å². The standard InChI is InChI=1S/C77H131NO13/c1-3-5-7-9-11-13-15-17-19-21-23-25-27-28-29-30-31-32-33-34-35-36-37-38-39-41-43-45-47-49-51-53-55-57-59-61-69(82)78-65(64-88-76-74(87)72(85)75(68(63-80)90-76)91-77-73(86)71(84)70(83)67(62-79)89-77)66(81)60-58-56-54-52-50-48-46-44-42-40-26-24-22-20-18-16-14-12-10-8-6-4-2/h5,7,11,13,17,19,23,25,28-29,31-32,34-35,37-38,50,52,58,60,65-68,70-77,79-81,83-87H,3-4,6,8-10,12,14-16,18,20-22,24,26-27,30,33,36,39-49,51,53-57,59,61-64H2,1-2H3,(H,78,82)/b7-5-,13-11-,19-17-,25-23-,29-28-,32-31-,35-34-,38-37-,52-50+,60-58+. The predicted molar refractivity (Wildman–Crippen MR) is 373 cm³/mol. The molecule has 0 aromatic carbocycles. The number of unbranched alkanes of at least 4 members (excludes halogenated alkanes) is 27. The monoisotopic (exact) mass is 1280 g/mol. The van der Waals surface area contributed by atoms with Crippen LogP contribution in [-0.2, 0) is 23.7 Å². The van der Waals surface area contributed by atoms with Crippen LogP contribution >= 0.6 is 0 Å². The Morgan fingerprint density at radius 1 is 0.407 bits per heavy atom. The molecule has 0 spiro atoms. The minimum Gasteiger partial charge on any atom is -0.394 e. The van der Waals surface area contributed by atoms with E-state index in [4.69, 9.17) is 18.9 Å². The molecule has 2 fully saturated rings. The SMILES string of the molecule is CC/C=C\C/C=C\C/C=C\C/C=C\C/C=C\C/C=C\C/C=C\C/C=C\CCCCCCCCCCCCC(=O)NC(COC1OC(CO)C(OC2OC(CO)C(O)C(O)C2O)C(O)C1O)C(O)/C=C/CC/C=C/CCCCCCCCCCCCCCCCCC. The average molecular weight is 1280 g/mol. The molecule has 0 saturated carbocycles. The Hall–Kier alpha value is -3.61. The van der Waals surface area contributed by atoms with Crippen LogP contribution in [0.25, 0.3) is 0 Å². The van der Waals surface area contributed by atoms with Crippen molar-refractivity contribution in [2.45, 2.75) is 338 Å². The molecule has 91 heavy (non-hydrogen) atoms. The van der Waals surface area contributed by atoms with E-state index in [1.807, 2.05) is 6.08 Å². The molecule has 14 heteroatoms. The molecule has 12 unspecified atom stereocenters. The molecule has 2 rings (SSSR count). The average Bonchev–Trinajstić information content (AvgIpc) is 0.888. The summed E-state index contributed by atoms with van der Waals surface area (Å²) in [6, 6.07) is -0.943. The van der Waals surface area contributed by atoms with Crippen molar-refractivity contribution in [2.75, 3.05) is 19.8 Å². The predicted octanol–water partition coefficient (Wildman–Crippen LogP) is 15.3. The summed E-state index contributed by atoms with van der Waals surface area (Å²) in [5.41, 5.74) is 0. The lowest BCUT2D eigenvalue weighted by Crippen LogP contribution is -2.65. The summed E-state index contributed by atoms with van der Waals surface area (Å²) in [6.07, 6.45) is 71.0. The number of aliphatic hydroxyl groups excluding tert-OH is 8. The molecule has 0 aromatic rings. The van der Waals surface area contributed by atoms with Crippen molar-refractivity contribution >= 4 is 5.91 Å². The van der Waals surface area contributed by atoms with E-state index >= 15 is 0 Å². The number of carbonyl (C=O) groups excluding carboxylic acids is 1. The number of amides is 1. The number of allylic oxidation sites excluding steroid dienone is 19. The first-order chi connectivity index (χ1) is 44.6. The first-order valence-corrected chi connectivity index (χ1v) is 36.3. The van der Waals surface area contributed by atoms with Crippen molar-refractivity contribution in [2.24, 2.45) is 0 Å². The molecule has 2 aliphatic rings. The third-order valence-electron chi connectivity index (χ3n) is 16.9. The Balaban J connectivity index is 1.68. The molecule has 2 saturated heterocycles. The highest BCUT2D eigenvalue weighted by Crippen LogP contribution is 2.30. The van der Waals surface area contributed by atoms with Crippen LogP contribution in [-0.4, -0.2) is 140 Å². The molecule has 0 bridgehead atoms. The van der Waals surface area contributed by atoms with Crippen molar-refractivity contribution in [1.29, 1.82) is 0 Å². The lowest BCUT2D eigenvalue weighted by Gasteiger charge is -2.46. The maximum absolute atomic E-state index is 13.3. The molecular formula is C77H131NO13. The van der Waals surface area contributed by atoms with Gasteiger partial charge >= 0.3 is 0 Å². The lowest BCUT2D eigenvalue weighted by molar-refractivity contribution is -0.359. The largest absolute Gasteiger partial charge is 0.394 e. The normalized spacial score (nSPS) is 23.5.